The molecule has 0 radical (unpaired) electrons. The summed E-state index contributed by atoms with van der Waals surface area (Å²) in [5.41, 5.74) is 0.957. The van der Waals surface area contributed by atoms with Crippen molar-refractivity contribution in [1.29, 1.82) is 0 Å². The number of urea groups is 1. The maximum atomic E-state index is 11.6. The highest BCUT2D eigenvalue weighted by Gasteiger charge is 2.08. The van der Waals surface area contributed by atoms with Crippen LogP contribution in [0.3, 0.4) is 0 Å². The molecule has 3 N–H and O–H groups in total. The lowest BCUT2D eigenvalue weighted by Gasteiger charge is -2.16. The number of benzene rings is 1. The van der Waals surface area contributed by atoms with E-state index in [1.54, 1.807) is 31.3 Å². The van der Waals surface area contributed by atoms with E-state index >= 15 is 0 Å². The van der Waals surface area contributed by atoms with Crippen LogP contribution in [0.15, 0.2) is 24.3 Å². The molecule has 1 rings (SSSR count). The fraction of sp³-hybridized carbons (Fsp3) is 0.364. The second-order valence-electron chi connectivity index (χ2n) is 4.03. The number of anilines is 2. The van der Waals surface area contributed by atoms with Crippen molar-refractivity contribution >= 4 is 27.4 Å². The summed E-state index contributed by atoms with van der Waals surface area (Å²) in [5.74, 6) is 0. The molecule has 8 heteroatoms. The summed E-state index contributed by atoms with van der Waals surface area (Å²) >= 11 is 0. The third-order valence-electron chi connectivity index (χ3n) is 2.22. The minimum absolute atomic E-state index is 0.110. The van der Waals surface area contributed by atoms with Crippen molar-refractivity contribution in [3.05, 3.63) is 24.3 Å². The summed E-state index contributed by atoms with van der Waals surface area (Å²) in [5, 5.41) is 11.3. The Labute approximate surface area is 112 Å². The molecule has 1 aromatic rings. The number of hydrogen-bond acceptors (Lipinski definition) is 4. The quantitative estimate of drug-likeness (QED) is 0.735. The molecule has 0 heterocycles. The molecule has 19 heavy (non-hydrogen) atoms. The van der Waals surface area contributed by atoms with E-state index in [4.69, 9.17) is 5.11 Å². The number of likely N-dealkylation sites (N-methyl/N-ethyl adjacent to an activating group) is 1. The first-order valence-corrected chi connectivity index (χ1v) is 7.42. The molecule has 106 valence electrons. The van der Waals surface area contributed by atoms with Gasteiger partial charge in [-0.1, -0.05) is 0 Å². The molecule has 0 unspecified atom stereocenters. The van der Waals surface area contributed by atoms with Gasteiger partial charge in [0.1, 0.15) is 0 Å². The van der Waals surface area contributed by atoms with E-state index in [9.17, 15) is 13.2 Å². The number of nitrogens with one attached hydrogen (secondary N) is 2. The third-order valence-corrected chi connectivity index (χ3v) is 2.83. The number of sulfonamides is 1. The first-order chi connectivity index (χ1) is 8.81. The molecule has 0 spiro atoms. The fourth-order valence-electron chi connectivity index (χ4n) is 1.31. The topological polar surface area (TPSA) is 98.7 Å². The van der Waals surface area contributed by atoms with E-state index in [0.29, 0.717) is 11.4 Å². The summed E-state index contributed by atoms with van der Waals surface area (Å²) in [4.78, 5) is 12.9. The van der Waals surface area contributed by atoms with E-state index in [1.807, 2.05) is 0 Å². The van der Waals surface area contributed by atoms with Crippen molar-refractivity contribution < 1.29 is 18.3 Å². The van der Waals surface area contributed by atoms with E-state index in [2.05, 4.69) is 10.0 Å². The van der Waals surface area contributed by atoms with Gasteiger partial charge in [-0.15, -0.1) is 0 Å². The van der Waals surface area contributed by atoms with Gasteiger partial charge in [0.15, 0.2) is 0 Å². The molecule has 0 aromatic heterocycles. The Morgan fingerprint density at radius 2 is 1.79 bits per heavy atom. The van der Waals surface area contributed by atoms with Gasteiger partial charge in [0.2, 0.25) is 10.0 Å². The predicted octanol–water partition coefficient (Wildman–Crippen LogP) is 0.514. The second-order valence-corrected chi connectivity index (χ2v) is 5.78. The zero-order valence-electron chi connectivity index (χ0n) is 10.8. The average molecular weight is 287 g/mol. The van der Waals surface area contributed by atoms with Crippen molar-refractivity contribution in [2.45, 2.75) is 0 Å². The molecule has 0 saturated heterocycles. The Hall–Kier alpha value is -1.80. The van der Waals surface area contributed by atoms with Crippen LogP contribution in [0.2, 0.25) is 0 Å². The minimum Gasteiger partial charge on any atom is -0.395 e. The number of aliphatic hydroxyl groups excluding tert-OH is 1. The minimum atomic E-state index is -3.31. The molecule has 0 saturated carbocycles. The first-order valence-electron chi connectivity index (χ1n) is 5.52. The van der Waals surface area contributed by atoms with Crippen molar-refractivity contribution in [3.8, 4) is 0 Å². The molecule has 7 nitrogen and oxygen atoms in total. The smallest absolute Gasteiger partial charge is 0.321 e. The van der Waals surface area contributed by atoms with Gasteiger partial charge in [-0.2, -0.15) is 0 Å². The van der Waals surface area contributed by atoms with E-state index in [-0.39, 0.29) is 19.2 Å². The molecule has 0 aliphatic rings. The first kappa shape index (κ1) is 15.3. The zero-order chi connectivity index (χ0) is 14.5. The van der Waals surface area contributed by atoms with Crippen LogP contribution in [0.5, 0.6) is 0 Å². The van der Waals surface area contributed by atoms with Crippen LogP contribution in [0.4, 0.5) is 16.2 Å². The maximum Gasteiger partial charge on any atom is 0.321 e. The average Bonchev–Trinajstić information content (AvgIpc) is 2.30. The summed E-state index contributed by atoms with van der Waals surface area (Å²) < 4.78 is 24.3. The normalized spacial score (nSPS) is 10.9. The standard InChI is InChI=1S/C11H17N3O4S/c1-14(7-8-15)11(16)12-9-3-5-10(6-4-9)13-19(2,17)18/h3-6,13,15H,7-8H2,1-2H3,(H,12,16). The molecule has 0 bridgehead atoms. The summed E-state index contributed by atoms with van der Waals surface area (Å²) in [6.07, 6.45) is 1.06. The lowest BCUT2D eigenvalue weighted by atomic mass is 10.3. The monoisotopic (exact) mass is 287 g/mol. The Morgan fingerprint density at radius 1 is 1.26 bits per heavy atom. The van der Waals surface area contributed by atoms with Gasteiger partial charge >= 0.3 is 6.03 Å². The van der Waals surface area contributed by atoms with Gasteiger partial charge in [0.05, 0.1) is 12.9 Å². The molecule has 2 amide bonds. The Bertz CT molecular complexity index is 527. The number of amides is 2. The van der Waals surface area contributed by atoms with Crippen LogP contribution in [0.25, 0.3) is 0 Å². The van der Waals surface area contributed by atoms with Gasteiger partial charge in [0, 0.05) is 25.0 Å². The zero-order valence-corrected chi connectivity index (χ0v) is 11.6. The highest BCUT2D eigenvalue weighted by molar-refractivity contribution is 7.92. The van der Waals surface area contributed by atoms with E-state index in [1.165, 1.54) is 4.90 Å². The molecule has 1 aromatic carbocycles. The summed E-state index contributed by atoms with van der Waals surface area (Å²) in [7, 11) is -1.75. The predicted molar refractivity (Wildman–Crippen MR) is 73.6 cm³/mol. The van der Waals surface area contributed by atoms with Crippen LogP contribution in [-0.2, 0) is 10.0 Å². The van der Waals surface area contributed by atoms with Crippen LogP contribution in [0.1, 0.15) is 0 Å². The Balaban J connectivity index is 2.64. The van der Waals surface area contributed by atoms with Crippen LogP contribution in [0, 0.1) is 0 Å². The van der Waals surface area contributed by atoms with Gasteiger partial charge in [-0.25, -0.2) is 13.2 Å². The third kappa shape index (κ3) is 5.58. The SMILES string of the molecule is CN(CCO)C(=O)Nc1ccc(NS(C)(=O)=O)cc1. The van der Waals surface area contributed by atoms with Crippen LogP contribution >= 0.6 is 0 Å². The second kappa shape index (κ2) is 6.39. The number of rotatable bonds is 5. The Kier molecular flexibility index (Phi) is 5.13. The Morgan fingerprint density at radius 3 is 2.26 bits per heavy atom. The largest absolute Gasteiger partial charge is 0.395 e. The van der Waals surface area contributed by atoms with Crippen molar-refractivity contribution in [2.24, 2.45) is 0 Å². The molecule has 0 fully saturated rings. The van der Waals surface area contributed by atoms with Gasteiger partial charge in [-0.3, -0.25) is 4.72 Å². The summed E-state index contributed by atoms with van der Waals surface area (Å²) in [6.45, 7) is 0.126. The molecular formula is C11H17N3O4S. The van der Waals surface area contributed by atoms with Crippen LogP contribution < -0.4 is 10.0 Å². The number of hydrogen-bond donors (Lipinski definition) is 3. The van der Waals surface area contributed by atoms with Crippen molar-refractivity contribution in [1.82, 2.24) is 4.90 Å². The highest BCUT2D eigenvalue weighted by atomic mass is 32.2. The molecular weight excluding hydrogens is 270 g/mol. The van der Waals surface area contributed by atoms with Crippen molar-refractivity contribution in [3.63, 3.8) is 0 Å². The lowest BCUT2D eigenvalue weighted by molar-refractivity contribution is 0.202. The number of nitrogens with zero attached hydrogens (tertiary/aromatic N) is 1. The number of carbonyl (C=O) groups is 1. The summed E-state index contributed by atoms with van der Waals surface area (Å²) in [6, 6.07) is 5.90. The van der Waals surface area contributed by atoms with Crippen molar-refractivity contribution in [2.75, 3.05) is 36.5 Å². The molecule has 0 aliphatic heterocycles. The van der Waals surface area contributed by atoms with E-state index < -0.39 is 10.0 Å². The van der Waals surface area contributed by atoms with Gasteiger partial charge < -0.3 is 15.3 Å². The van der Waals surface area contributed by atoms with E-state index in [0.717, 1.165) is 6.26 Å². The van der Waals surface area contributed by atoms with Gasteiger partial charge in [-0.05, 0) is 24.3 Å². The number of aliphatic hydroxyl groups is 1. The number of carbonyl (C=O) groups excluding carboxylic acids is 1. The molecule has 0 atom stereocenters. The fourth-order valence-corrected chi connectivity index (χ4v) is 1.87. The van der Waals surface area contributed by atoms with Gasteiger partial charge in [0.25, 0.3) is 0 Å². The maximum absolute atomic E-state index is 11.6. The molecule has 0 aliphatic carbocycles. The van der Waals surface area contributed by atoms with Crippen LogP contribution in [-0.4, -0.2) is 50.9 Å². The lowest BCUT2D eigenvalue weighted by Crippen LogP contribution is -2.33. The highest BCUT2D eigenvalue weighted by Crippen LogP contribution is 2.14.